The molecule has 8 heteroatoms. The molecule has 2 aliphatic heterocycles. The molecule has 4 rings (SSSR count). The van der Waals surface area contributed by atoms with Gasteiger partial charge in [-0.15, -0.1) is 34.2 Å². The first-order chi connectivity index (χ1) is 14.7. The zero-order valence-corrected chi connectivity index (χ0v) is 21.3. The lowest BCUT2D eigenvalue weighted by Crippen LogP contribution is -2.46. The molecule has 1 aromatic heterocycles. The second-order valence-corrected chi connectivity index (χ2v) is 8.51. The lowest BCUT2D eigenvalue weighted by atomic mass is 9.99. The number of aliphatic imine (C=N–C) groups is 1. The van der Waals surface area contributed by atoms with Gasteiger partial charge >= 0.3 is 0 Å². The molecule has 170 valence electrons. The Kier molecular flexibility index (Phi) is 8.71. The van der Waals surface area contributed by atoms with Crippen molar-refractivity contribution in [3.8, 4) is 0 Å². The average Bonchev–Trinajstić information content (AvgIpc) is 3.51. The zero-order valence-electron chi connectivity index (χ0n) is 19.0. The summed E-state index contributed by atoms with van der Waals surface area (Å²) in [6, 6.07) is 11.5. The number of nitrogens with zero attached hydrogens (tertiary/aromatic N) is 6. The van der Waals surface area contributed by atoms with Crippen molar-refractivity contribution < 1.29 is 0 Å². The molecule has 0 radical (unpaired) electrons. The molecule has 0 spiro atoms. The van der Waals surface area contributed by atoms with Gasteiger partial charge < -0.3 is 14.8 Å². The maximum atomic E-state index is 4.98. The standard InChI is InChI=1S/C23H35N7.HI/c1-4-29-13-8-11-21(29)15-24-23(25-16-22-27-26-18(2)28(22)3)30-14-12-20(17-30)19-9-6-5-7-10-19;/h5-7,9-10,20-21H,4,8,11-17H2,1-3H3,(H,24,25);1H. The molecular formula is C23H36IN7. The van der Waals surface area contributed by atoms with E-state index >= 15 is 0 Å². The van der Waals surface area contributed by atoms with Gasteiger partial charge in [-0.25, -0.2) is 4.99 Å². The van der Waals surface area contributed by atoms with Crippen LogP contribution in [0.3, 0.4) is 0 Å². The van der Waals surface area contributed by atoms with E-state index in [0.29, 0.717) is 18.5 Å². The molecule has 3 heterocycles. The van der Waals surface area contributed by atoms with E-state index in [0.717, 1.165) is 50.2 Å². The van der Waals surface area contributed by atoms with Crippen LogP contribution in [-0.2, 0) is 13.6 Å². The van der Waals surface area contributed by atoms with Crippen LogP contribution in [0.4, 0.5) is 0 Å². The Hall–Kier alpha value is -1.68. The molecule has 2 unspecified atom stereocenters. The third-order valence-corrected chi connectivity index (χ3v) is 6.71. The maximum Gasteiger partial charge on any atom is 0.194 e. The van der Waals surface area contributed by atoms with Crippen molar-refractivity contribution in [2.45, 2.75) is 51.6 Å². The largest absolute Gasteiger partial charge is 0.355 e. The van der Waals surface area contributed by atoms with Crippen molar-refractivity contribution in [2.75, 3.05) is 32.7 Å². The van der Waals surface area contributed by atoms with Crippen LogP contribution in [0.2, 0.25) is 0 Å². The van der Waals surface area contributed by atoms with Crippen LogP contribution in [0.5, 0.6) is 0 Å². The molecule has 31 heavy (non-hydrogen) atoms. The highest BCUT2D eigenvalue weighted by Gasteiger charge is 2.28. The van der Waals surface area contributed by atoms with Crippen molar-refractivity contribution in [2.24, 2.45) is 12.0 Å². The number of guanidine groups is 1. The Bertz CT molecular complexity index is 851. The molecule has 0 aliphatic carbocycles. The van der Waals surface area contributed by atoms with E-state index in [1.54, 1.807) is 0 Å². The van der Waals surface area contributed by atoms with Gasteiger partial charge in [0.05, 0.1) is 0 Å². The van der Waals surface area contributed by atoms with Gasteiger partial charge in [-0.2, -0.15) is 0 Å². The number of halogens is 1. The number of benzene rings is 1. The lowest BCUT2D eigenvalue weighted by Gasteiger charge is -2.27. The number of likely N-dealkylation sites (tertiary alicyclic amines) is 2. The van der Waals surface area contributed by atoms with Gasteiger partial charge in [0.15, 0.2) is 11.8 Å². The SMILES string of the molecule is CCN1CCCC1CNC(=NCc1nnc(C)n1C)N1CCC(c2ccccc2)C1.I. The van der Waals surface area contributed by atoms with E-state index in [4.69, 9.17) is 4.99 Å². The monoisotopic (exact) mass is 537 g/mol. The number of hydrogen-bond donors (Lipinski definition) is 1. The van der Waals surface area contributed by atoms with Gasteiger partial charge in [0.2, 0.25) is 0 Å². The Morgan fingerprint density at radius 3 is 2.68 bits per heavy atom. The molecule has 0 amide bonds. The zero-order chi connectivity index (χ0) is 20.9. The third-order valence-electron chi connectivity index (χ3n) is 6.71. The Morgan fingerprint density at radius 2 is 1.97 bits per heavy atom. The van der Waals surface area contributed by atoms with Crippen LogP contribution in [-0.4, -0.2) is 69.3 Å². The van der Waals surface area contributed by atoms with Crippen LogP contribution in [0, 0.1) is 6.92 Å². The Balaban J connectivity index is 0.00000272. The topological polar surface area (TPSA) is 61.6 Å². The molecule has 2 saturated heterocycles. The molecule has 7 nitrogen and oxygen atoms in total. The minimum Gasteiger partial charge on any atom is -0.355 e. The number of hydrogen-bond acceptors (Lipinski definition) is 4. The maximum absolute atomic E-state index is 4.98. The van der Waals surface area contributed by atoms with Crippen molar-refractivity contribution in [3.05, 3.63) is 47.5 Å². The normalized spacial score (nSPS) is 22.0. The van der Waals surface area contributed by atoms with E-state index in [-0.39, 0.29) is 24.0 Å². The Labute approximate surface area is 203 Å². The minimum atomic E-state index is 0. The number of likely N-dealkylation sites (N-methyl/N-ethyl adjacent to an activating group) is 1. The van der Waals surface area contributed by atoms with E-state index in [2.05, 4.69) is 62.6 Å². The smallest absolute Gasteiger partial charge is 0.194 e. The summed E-state index contributed by atoms with van der Waals surface area (Å²) in [4.78, 5) is 9.98. The van der Waals surface area contributed by atoms with Gasteiger partial charge in [-0.1, -0.05) is 37.3 Å². The molecule has 2 aliphatic rings. The van der Waals surface area contributed by atoms with Gasteiger partial charge in [0.25, 0.3) is 0 Å². The van der Waals surface area contributed by atoms with Gasteiger partial charge in [-0.3, -0.25) is 4.90 Å². The fourth-order valence-electron chi connectivity index (χ4n) is 4.70. The second kappa shape index (κ2) is 11.3. The van der Waals surface area contributed by atoms with E-state index in [9.17, 15) is 0 Å². The highest BCUT2D eigenvalue weighted by atomic mass is 127. The van der Waals surface area contributed by atoms with Crippen molar-refractivity contribution in [1.29, 1.82) is 0 Å². The van der Waals surface area contributed by atoms with Crippen LogP contribution < -0.4 is 5.32 Å². The van der Waals surface area contributed by atoms with E-state index < -0.39 is 0 Å². The number of aromatic nitrogens is 3. The highest BCUT2D eigenvalue weighted by Crippen LogP contribution is 2.27. The summed E-state index contributed by atoms with van der Waals surface area (Å²) in [5.41, 5.74) is 1.43. The summed E-state index contributed by atoms with van der Waals surface area (Å²) in [5, 5.41) is 12.2. The summed E-state index contributed by atoms with van der Waals surface area (Å²) in [7, 11) is 2.01. The molecule has 1 aromatic carbocycles. The van der Waals surface area contributed by atoms with Gasteiger partial charge in [0, 0.05) is 38.6 Å². The highest BCUT2D eigenvalue weighted by molar-refractivity contribution is 14.0. The van der Waals surface area contributed by atoms with Crippen LogP contribution in [0.25, 0.3) is 0 Å². The quantitative estimate of drug-likeness (QED) is 0.349. The molecular weight excluding hydrogens is 501 g/mol. The first kappa shape index (κ1) is 24.0. The molecule has 2 atom stereocenters. The third kappa shape index (κ3) is 5.77. The number of nitrogens with one attached hydrogen (secondary N) is 1. The predicted molar refractivity (Wildman–Crippen MR) is 136 cm³/mol. The predicted octanol–water partition coefficient (Wildman–Crippen LogP) is 3.16. The summed E-state index contributed by atoms with van der Waals surface area (Å²) < 4.78 is 2.02. The number of aryl methyl sites for hydroxylation is 1. The summed E-state index contributed by atoms with van der Waals surface area (Å²) >= 11 is 0. The molecule has 0 bridgehead atoms. The summed E-state index contributed by atoms with van der Waals surface area (Å²) in [6.07, 6.45) is 3.73. The van der Waals surface area contributed by atoms with Crippen LogP contribution in [0.1, 0.15) is 49.3 Å². The Morgan fingerprint density at radius 1 is 1.16 bits per heavy atom. The molecule has 2 fully saturated rings. The van der Waals surface area contributed by atoms with E-state index in [1.807, 2.05) is 18.5 Å². The first-order valence-electron chi connectivity index (χ1n) is 11.3. The lowest BCUT2D eigenvalue weighted by molar-refractivity contribution is 0.265. The molecule has 1 N–H and O–H groups in total. The summed E-state index contributed by atoms with van der Waals surface area (Å²) in [5.74, 6) is 3.40. The van der Waals surface area contributed by atoms with E-state index in [1.165, 1.54) is 24.9 Å². The minimum absolute atomic E-state index is 0. The fourth-order valence-corrected chi connectivity index (χ4v) is 4.70. The van der Waals surface area contributed by atoms with Gasteiger partial charge in [-0.05, 0) is 44.8 Å². The molecule has 2 aromatic rings. The van der Waals surface area contributed by atoms with Crippen LogP contribution >= 0.6 is 24.0 Å². The fraction of sp³-hybridized carbons (Fsp3) is 0.609. The summed E-state index contributed by atoms with van der Waals surface area (Å²) in [6.45, 7) is 10.1. The van der Waals surface area contributed by atoms with Crippen LogP contribution in [0.15, 0.2) is 35.3 Å². The van der Waals surface area contributed by atoms with Crippen molar-refractivity contribution in [1.82, 2.24) is 29.9 Å². The number of rotatable bonds is 6. The van der Waals surface area contributed by atoms with Gasteiger partial charge in [0.1, 0.15) is 12.4 Å². The second-order valence-electron chi connectivity index (χ2n) is 8.51. The van der Waals surface area contributed by atoms with Crippen molar-refractivity contribution in [3.63, 3.8) is 0 Å². The average molecular weight is 537 g/mol. The van der Waals surface area contributed by atoms with Crippen molar-refractivity contribution >= 4 is 29.9 Å². The first-order valence-corrected chi connectivity index (χ1v) is 11.3. The molecule has 0 saturated carbocycles.